The third-order valence-electron chi connectivity index (χ3n) is 3.87. The van der Waals surface area contributed by atoms with Gasteiger partial charge in [-0.2, -0.15) is 4.68 Å². The van der Waals surface area contributed by atoms with Crippen LogP contribution in [0, 0.1) is 13.8 Å². The van der Waals surface area contributed by atoms with E-state index in [0.29, 0.717) is 22.1 Å². The van der Waals surface area contributed by atoms with Gasteiger partial charge in [0, 0.05) is 18.2 Å². The summed E-state index contributed by atoms with van der Waals surface area (Å²) in [4.78, 5) is 23.8. The molecule has 1 amide bonds. The van der Waals surface area contributed by atoms with E-state index < -0.39 is 0 Å². The van der Waals surface area contributed by atoms with Crippen molar-refractivity contribution in [3.8, 4) is 5.69 Å². The number of nitrogens with zero attached hydrogens (tertiary/aromatic N) is 4. The van der Waals surface area contributed by atoms with Gasteiger partial charge in [0.25, 0.3) is 0 Å². The molecule has 0 radical (unpaired) electrons. The Labute approximate surface area is 161 Å². The SMILES string of the molecule is CC(=O)Nc1cccc(-n2nnnc2SCC(=O)c2ccc(C)cc2C)c1. The van der Waals surface area contributed by atoms with Crippen molar-refractivity contribution in [1.82, 2.24) is 20.2 Å². The van der Waals surface area contributed by atoms with Gasteiger partial charge in [-0.05, 0) is 48.0 Å². The molecule has 1 N–H and O–H groups in total. The summed E-state index contributed by atoms with van der Waals surface area (Å²) in [5.41, 5.74) is 4.15. The third-order valence-corrected chi connectivity index (χ3v) is 4.79. The summed E-state index contributed by atoms with van der Waals surface area (Å²) in [6.45, 7) is 5.38. The van der Waals surface area contributed by atoms with Gasteiger partial charge in [0.1, 0.15) is 0 Å². The van der Waals surface area contributed by atoms with Gasteiger partial charge in [-0.25, -0.2) is 0 Å². The number of tetrazole rings is 1. The number of aryl methyl sites for hydroxylation is 2. The number of rotatable bonds is 6. The highest BCUT2D eigenvalue weighted by Crippen LogP contribution is 2.22. The van der Waals surface area contributed by atoms with Gasteiger partial charge >= 0.3 is 0 Å². The van der Waals surface area contributed by atoms with Gasteiger partial charge in [0.2, 0.25) is 11.1 Å². The normalized spacial score (nSPS) is 10.6. The number of aromatic nitrogens is 4. The summed E-state index contributed by atoms with van der Waals surface area (Å²) in [6, 6.07) is 13.0. The predicted molar refractivity (Wildman–Crippen MR) is 104 cm³/mol. The highest BCUT2D eigenvalue weighted by atomic mass is 32.2. The van der Waals surface area contributed by atoms with Gasteiger partial charge in [-0.1, -0.05) is 41.6 Å². The molecule has 0 aliphatic rings. The summed E-state index contributed by atoms with van der Waals surface area (Å²) < 4.78 is 1.55. The number of benzene rings is 2. The van der Waals surface area contributed by atoms with Crippen LogP contribution in [-0.2, 0) is 4.79 Å². The van der Waals surface area contributed by atoms with Crippen LogP contribution in [0.4, 0.5) is 5.69 Å². The molecule has 2 aromatic carbocycles. The molecule has 3 aromatic rings. The molecule has 0 aliphatic carbocycles. The van der Waals surface area contributed by atoms with Crippen molar-refractivity contribution in [3.05, 3.63) is 59.2 Å². The number of Topliss-reactive ketones (excluding diaryl/α,β-unsaturated/α-hetero) is 1. The van der Waals surface area contributed by atoms with E-state index in [1.54, 1.807) is 22.9 Å². The molecule has 0 bridgehead atoms. The second-order valence-electron chi connectivity index (χ2n) is 6.14. The zero-order chi connectivity index (χ0) is 19.4. The highest BCUT2D eigenvalue weighted by Gasteiger charge is 2.14. The molecule has 0 spiro atoms. The fourth-order valence-corrected chi connectivity index (χ4v) is 3.46. The van der Waals surface area contributed by atoms with Gasteiger partial charge in [0.15, 0.2) is 5.78 Å². The molecule has 0 saturated carbocycles. The number of amides is 1. The van der Waals surface area contributed by atoms with Crippen LogP contribution in [0.5, 0.6) is 0 Å². The maximum atomic E-state index is 12.5. The fraction of sp³-hybridized carbons (Fsp3) is 0.211. The molecule has 7 nitrogen and oxygen atoms in total. The summed E-state index contributed by atoms with van der Waals surface area (Å²) in [5.74, 6) is 0.104. The standard InChI is InChI=1S/C19H19N5O2S/c1-12-7-8-17(13(2)9-12)18(26)11-27-19-21-22-23-24(19)16-6-4-5-15(10-16)20-14(3)25/h4-10H,11H2,1-3H3,(H,20,25). The van der Waals surface area contributed by atoms with E-state index in [2.05, 4.69) is 20.8 Å². The molecule has 27 heavy (non-hydrogen) atoms. The van der Waals surface area contributed by atoms with E-state index in [4.69, 9.17) is 0 Å². The first-order chi connectivity index (χ1) is 12.9. The molecule has 0 unspecified atom stereocenters. The Morgan fingerprint density at radius 1 is 1.15 bits per heavy atom. The molecule has 3 rings (SSSR count). The van der Waals surface area contributed by atoms with Crippen LogP contribution in [0.2, 0.25) is 0 Å². The molecular formula is C19H19N5O2S. The molecule has 1 heterocycles. The zero-order valence-electron chi connectivity index (χ0n) is 15.3. The van der Waals surface area contributed by atoms with E-state index in [-0.39, 0.29) is 17.4 Å². The van der Waals surface area contributed by atoms with E-state index in [1.165, 1.54) is 18.7 Å². The monoisotopic (exact) mass is 381 g/mol. The number of carbonyl (C=O) groups is 2. The number of carbonyl (C=O) groups excluding carboxylic acids is 2. The average Bonchev–Trinajstić information content (AvgIpc) is 3.08. The molecule has 0 aliphatic heterocycles. The molecule has 1 aromatic heterocycles. The maximum Gasteiger partial charge on any atom is 0.221 e. The van der Waals surface area contributed by atoms with E-state index in [0.717, 1.165) is 11.1 Å². The minimum absolute atomic E-state index is 0.0269. The van der Waals surface area contributed by atoms with Crippen molar-refractivity contribution in [1.29, 1.82) is 0 Å². The van der Waals surface area contributed by atoms with Gasteiger partial charge in [-0.15, -0.1) is 5.10 Å². The molecule has 8 heteroatoms. The van der Waals surface area contributed by atoms with Crippen LogP contribution in [0.1, 0.15) is 28.4 Å². The molecule has 0 saturated heterocycles. The Bertz CT molecular complexity index is 999. The van der Waals surface area contributed by atoms with Crippen LogP contribution >= 0.6 is 11.8 Å². The maximum absolute atomic E-state index is 12.5. The second-order valence-corrected chi connectivity index (χ2v) is 7.08. The Hall–Kier alpha value is -3.00. The van der Waals surface area contributed by atoms with Gasteiger partial charge in [0.05, 0.1) is 11.4 Å². The largest absolute Gasteiger partial charge is 0.326 e. The topological polar surface area (TPSA) is 89.8 Å². The van der Waals surface area contributed by atoms with E-state index in [9.17, 15) is 9.59 Å². The number of ketones is 1. The van der Waals surface area contributed by atoms with Crippen LogP contribution < -0.4 is 5.32 Å². The van der Waals surface area contributed by atoms with Gasteiger partial charge in [-0.3, -0.25) is 9.59 Å². The summed E-state index contributed by atoms with van der Waals surface area (Å²) in [6.07, 6.45) is 0. The predicted octanol–water partition coefficient (Wildman–Crippen LogP) is 3.21. The smallest absolute Gasteiger partial charge is 0.221 e. The summed E-state index contributed by atoms with van der Waals surface area (Å²) in [5, 5.41) is 15.0. The second kappa shape index (κ2) is 8.13. The Balaban J connectivity index is 1.76. The summed E-state index contributed by atoms with van der Waals surface area (Å²) in [7, 11) is 0. The van der Waals surface area contributed by atoms with Crippen molar-refractivity contribution in [2.75, 3.05) is 11.1 Å². The molecule has 0 atom stereocenters. The van der Waals surface area contributed by atoms with Crippen molar-refractivity contribution in [2.24, 2.45) is 0 Å². The Morgan fingerprint density at radius 2 is 1.96 bits per heavy atom. The Morgan fingerprint density at radius 3 is 2.70 bits per heavy atom. The van der Waals surface area contributed by atoms with Crippen LogP contribution in [-0.4, -0.2) is 37.7 Å². The lowest BCUT2D eigenvalue weighted by Crippen LogP contribution is -2.08. The van der Waals surface area contributed by atoms with E-state index >= 15 is 0 Å². The van der Waals surface area contributed by atoms with Crippen molar-refractivity contribution in [2.45, 2.75) is 25.9 Å². The quantitative estimate of drug-likeness (QED) is 0.521. The highest BCUT2D eigenvalue weighted by molar-refractivity contribution is 7.99. The lowest BCUT2D eigenvalue weighted by Gasteiger charge is -2.08. The first-order valence-corrected chi connectivity index (χ1v) is 9.32. The van der Waals surface area contributed by atoms with E-state index in [1.807, 2.05) is 38.1 Å². The minimum atomic E-state index is -0.155. The molecule has 0 fully saturated rings. The van der Waals surface area contributed by atoms with Crippen LogP contribution in [0.3, 0.4) is 0 Å². The Kier molecular flexibility index (Phi) is 5.66. The first-order valence-electron chi connectivity index (χ1n) is 8.33. The zero-order valence-corrected chi connectivity index (χ0v) is 16.1. The van der Waals surface area contributed by atoms with Crippen molar-refractivity contribution < 1.29 is 9.59 Å². The number of hydrogen-bond donors (Lipinski definition) is 1. The third kappa shape index (κ3) is 4.59. The van der Waals surface area contributed by atoms with Crippen molar-refractivity contribution in [3.63, 3.8) is 0 Å². The molecule has 138 valence electrons. The number of hydrogen-bond acceptors (Lipinski definition) is 6. The number of anilines is 1. The number of nitrogens with one attached hydrogen (secondary N) is 1. The van der Waals surface area contributed by atoms with Gasteiger partial charge < -0.3 is 5.32 Å². The minimum Gasteiger partial charge on any atom is -0.326 e. The lowest BCUT2D eigenvalue weighted by atomic mass is 10.0. The van der Waals surface area contributed by atoms with Crippen LogP contribution in [0.25, 0.3) is 5.69 Å². The lowest BCUT2D eigenvalue weighted by molar-refractivity contribution is -0.114. The number of thioether (sulfide) groups is 1. The first kappa shape index (κ1) is 18.8. The fourth-order valence-electron chi connectivity index (χ4n) is 2.68. The van der Waals surface area contributed by atoms with Crippen molar-refractivity contribution >= 4 is 29.1 Å². The average molecular weight is 381 g/mol. The molecular weight excluding hydrogens is 362 g/mol. The van der Waals surface area contributed by atoms with Crippen LogP contribution in [0.15, 0.2) is 47.6 Å². The summed E-state index contributed by atoms with van der Waals surface area (Å²) >= 11 is 1.27.